The van der Waals surface area contributed by atoms with E-state index in [0.29, 0.717) is 49.5 Å². The van der Waals surface area contributed by atoms with Crippen molar-refractivity contribution in [3.63, 3.8) is 0 Å². The molecule has 27 heavy (non-hydrogen) atoms. The second kappa shape index (κ2) is 8.62. The maximum atomic E-state index is 12.5. The monoisotopic (exact) mass is 372 g/mol. The number of nitrogens with one attached hydrogen (secondary N) is 1. The third kappa shape index (κ3) is 4.42. The minimum Gasteiger partial charge on any atom is -0.497 e. The lowest BCUT2D eigenvalue weighted by Crippen LogP contribution is -2.42. The first-order chi connectivity index (χ1) is 13.1. The standard InChI is InChI=1S/C20H24N2O5/c1-25-17-4-3-15(18(11-17)26-2)12-21-19(23)14-5-8-22(9-6-14)20(24)16-7-10-27-13-16/h3-4,7,10-11,13-14H,5-6,8-9,12H2,1-2H3,(H,21,23). The first kappa shape index (κ1) is 18.8. The zero-order valence-electron chi connectivity index (χ0n) is 15.6. The Morgan fingerprint density at radius 3 is 2.59 bits per heavy atom. The number of ether oxygens (including phenoxy) is 2. The molecular weight excluding hydrogens is 348 g/mol. The van der Waals surface area contributed by atoms with Crippen LogP contribution in [-0.2, 0) is 11.3 Å². The van der Waals surface area contributed by atoms with Crippen molar-refractivity contribution in [2.45, 2.75) is 19.4 Å². The fraction of sp³-hybridized carbons (Fsp3) is 0.400. The Balaban J connectivity index is 1.51. The van der Waals surface area contributed by atoms with Crippen LogP contribution in [0, 0.1) is 5.92 Å². The molecular formula is C20H24N2O5. The second-order valence-electron chi connectivity index (χ2n) is 6.47. The predicted octanol–water partition coefficient (Wildman–Crippen LogP) is 2.47. The number of likely N-dealkylation sites (tertiary alicyclic amines) is 1. The smallest absolute Gasteiger partial charge is 0.257 e. The number of furan rings is 1. The summed E-state index contributed by atoms with van der Waals surface area (Å²) in [6.07, 6.45) is 4.23. The molecule has 2 heterocycles. The van der Waals surface area contributed by atoms with Crippen LogP contribution in [0.15, 0.2) is 41.2 Å². The molecule has 1 N–H and O–H groups in total. The number of hydrogen-bond donors (Lipinski definition) is 1. The zero-order valence-corrected chi connectivity index (χ0v) is 15.6. The Bertz CT molecular complexity index is 780. The highest BCUT2D eigenvalue weighted by Crippen LogP contribution is 2.25. The maximum absolute atomic E-state index is 12.5. The predicted molar refractivity (Wildman–Crippen MR) is 98.7 cm³/mol. The summed E-state index contributed by atoms with van der Waals surface area (Å²) in [4.78, 5) is 26.6. The molecule has 1 aliphatic heterocycles. The summed E-state index contributed by atoms with van der Waals surface area (Å²) in [7, 11) is 3.19. The summed E-state index contributed by atoms with van der Waals surface area (Å²) in [5.41, 5.74) is 1.43. The Labute approximate surface area is 158 Å². The Morgan fingerprint density at radius 1 is 1.19 bits per heavy atom. The number of carbonyl (C=O) groups is 2. The van der Waals surface area contributed by atoms with E-state index in [0.717, 1.165) is 5.56 Å². The molecule has 0 bridgehead atoms. The number of methoxy groups -OCH3 is 2. The van der Waals surface area contributed by atoms with Crippen LogP contribution in [0.25, 0.3) is 0 Å². The largest absolute Gasteiger partial charge is 0.497 e. The van der Waals surface area contributed by atoms with Crippen LogP contribution < -0.4 is 14.8 Å². The van der Waals surface area contributed by atoms with Crippen molar-refractivity contribution in [3.05, 3.63) is 47.9 Å². The highest BCUT2D eigenvalue weighted by molar-refractivity contribution is 5.94. The van der Waals surface area contributed by atoms with Crippen LogP contribution in [0.2, 0.25) is 0 Å². The van der Waals surface area contributed by atoms with Crippen LogP contribution in [0.1, 0.15) is 28.8 Å². The average molecular weight is 372 g/mol. The first-order valence-electron chi connectivity index (χ1n) is 8.92. The van der Waals surface area contributed by atoms with E-state index in [1.54, 1.807) is 31.3 Å². The van der Waals surface area contributed by atoms with Crippen molar-refractivity contribution in [1.29, 1.82) is 0 Å². The van der Waals surface area contributed by atoms with E-state index in [4.69, 9.17) is 13.9 Å². The molecule has 2 aromatic rings. The van der Waals surface area contributed by atoms with Crippen LogP contribution >= 0.6 is 0 Å². The molecule has 0 saturated carbocycles. The minimum absolute atomic E-state index is 0.00304. The number of carbonyl (C=O) groups excluding carboxylic acids is 2. The number of benzene rings is 1. The highest BCUT2D eigenvalue weighted by atomic mass is 16.5. The van der Waals surface area contributed by atoms with E-state index in [1.165, 1.54) is 12.5 Å². The fourth-order valence-electron chi connectivity index (χ4n) is 3.24. The molecule has 144 valence electrons. The molecule has 1 saturated heterocycles. The van der Waals surface area contributed by atoms with E-state index in [2.05, 4.69) is 5.32 Å². The van der Waals surface area contributed by atoms with E-state index in [9.17, 15) is 9.59 Å². The van der Waals surface area contributed by atoms with Gasteiger partial charge in [-0.3, -0.25) is 9.59 Å². The van der Waals surface area contributed by atoms with E-state index in [1.807, 2.05) is 12.1 Å². The molecule has 0 aliphatic carbocycles. The molecule has 3 rings (SSSR count). The Hall–Kier alpha value is -2.96. The van der Waals surface area contributed by atoms with Gasteiger partial charge in [0.1, 0.15) is 17.8 Å². The lowest BCUT2D eigenvalue weighted by Gasteiger charge is -2.31. The molecule has 2 amide bonds. The normalized spacial score (nSPS) is 14.7. The van der Waals surface area contributed by atoms with Crippen molar-refractivity contribution in [2.24, 2.45) is 5.92 Å². The second-order valence-corrected chi connectivity index (χ2v) is 6.47. The quantitative estimate of drug-likeness (QED) is 0.842. The summed E-state index contributed by atoms with van der Waals surface area (Å²) in [5.74, 6) is 1.24. The van der Waals surface area contributed by atoms with Crippen molar-refractivity contribution >= 4 is 11.8 Å². The minimum atomic E-state index is -0.0948. The van der Waals surface area contributed by atoms with Crippen LogP contribution in [0.3, 0.4) is 0 Å². The molecule has 1 aromatic carbocycles. The van der Waals surface area contributed by atoms with Crippen LogP contribution in [-0.4, -0.2) is 44.0 Å². The molecule has 0 radical (unpaired) electrons. The number of hydrogen-bond acceptors (Lipinski definition) is 5. The van der Waals surface area contributed by atoms with Gasteiger partial charge in [0.15, 0.2) is 0 Å². The Kier molecular flexibility index (Phi) is 6.01. The lowest BCUT2D eigenvalue weighted by molar-refractivity contribution is -0.126. The Morgan fingerprint density at radius 2 is 1.96 bits per heavy atom. The topological polar surface area (TPSA) is 81.0 Å². The van der Waals surface area contributed by atoms with Gasteiger partial charge in [0.25, 0.3) is 5.91 Å². The van der Waals surface area contributed by atoms with E-state index in [-0.39, 0.29) is 17.7 Å². The highest BCUT2D eigenvalue weighted by Gasteiger charge is 2.28. The molecule has 7 heteroatoms. The summed E-state index contributed by atoms with van der Waals surface area (Å²) < 4.78 is 15.5. The van der Waals surface area contributed by atoms with Gasteiger partial charge in [-0.2, -0.15) is 0 Å². The average Bonchev–Trinajstić information content (AvgIpc) is 3.26. The SMILES string of the molecule is COc1ccc(CNC(=O)C2CCN(C(=O)c3ccoc3)CC2)c(OC)c1. The number of amides is 2. The van der Waals surface area contributed by atoms with Gasteiger partial charge in [0.05, 0.1) is 26.0 Å². The van der Waals surface area contributed by atoms with Crippen LogP contribution in [0.4, 0.5) is 0 Å². The fourth-order valence-corrected chi connectivity index (χ4v) is 3.24. The maximum Gasteiger partial charge on any atom is 0.257 e. The number of rotatable bonds is 6. The van der Waals surface area contributed by atoms with Gasteiger partial charge in [-0.15, -0.1) is 0 Å². The van der Waals surface area contributed by atoms with Gasteiger partial charge in [-0.05, 0) is 31.0 Å². The van der Waals surface area contributed by atoms with Crippen molar-refractivity contribution in [3.8, 4) is 11.5 Å². The third-order valence-electron chi connectivity index (χ3n) is 4.87. The molecule has 0 spiro atoms. The van der Waals surface area contributed by atoms with E-state index < -0.39 is 0 Å². The van der Waals surface area contributed by atoms with Gasteiger partial charge in [-0.1, -0.05) is 0 Å². The van der Waals surface area contributed by atoms with Gasteiger partial charge >= 0.3 is 0 Å². The summed E-state index contributed by atoms with van der Waals surface area (Å²) in [5, 5.41) is 2.97. The van der Waals surface area contributed by atoms with Gasteiger partial charge in [0, 0.05) is 37.2 Å². The number of nitrogens with zero attached hydrogens (tertiary/aromatic N) is 1. The van der Waals surface area contributed by atoms with Crippen molar-refractivity contribution < 1.29 is 23.5 Å². The molecule has 0 unspecified atom stereocenters. The third-order valence-corrected chi connectivity index (χ3v) is 4.87. The lowest BCUT2D eigenvalue weighted by atomic mass is 9.95. The van der Waals surface area contributed by atoms with Gasteiger partial charge in [-0.25, -0.2) is 0 Å². The summed E-state index contributed by atoms with van der Waals surface area (Å²) in [6, 6.07) is 7.17. The molecule has 1 fully saturated rings. The van der Waals surface area contributed by atoms with E-state index >= 15 is 0 Å². The van der Waals surface area contributed by atoms with Gasteiger partial charge < -0.3 is 24.1 Å². The van der Waals surface area contributed by atoms with Crippen molar-refractivity contribution in [1.82, 2.24) is 10.2 Å². The molecule has 1 aromatic heterocycles. The van der Waals surface area contributed by atoms with Crippen molar-refractivity contribution in [2.75, 3.05) is 27.3 Å². The summed E-state index contributed by atoms with van der Waals surface area (Å²) in [6.45, 7) is 1.52. The zero-order chi connectivity index (χ0) is 19.2. The van der Waals surface area contributed by atoms with Gasteiger partial charge in [0.2, 0.25) is 5.91 Å². The molecule has 0 atom stereocenters. The van der Waals surface area contributed by atoms with Crippen LogP contribution in [0.5, 0.6) is 11.5 Å². The molecule has 7 nitrogen and oxygen atoms in total. The summed E-state index contributed by atoms with van der Waals surface area (Å²) >= 11 is 0. The number of piperidine rings is 1. The molecule has 1 aliphatic rings. The first-order valence-corrected chi connectivity index (χ1v) is 8.92.